The van der Waals surface area contributed by atoms with Crippen molar-refractivity contribution in [2.75, 3.05) is 31.1 Å². The molecule has 3 aromatic rings. The van der Waals surface area contributed by atoms with Gasteiger partial charge in [-0.15, -0.1) is 0 Å². The standard InChI is InChI=1S/C21H21N7.C4H8.C4H10/c1-16-5-2-9-20(25-16)27-11-13-28(14-12-27)21(24-15-22)26-19-8-3-7-18-17(19)6-4-10-23-18;1-2-4-3-1;1-4(2)3/h2-10H,11-14H2,1H3,(H,24,26);1-4H2;4H,1-3H3. The lowest BCUT2D eigenvalue weighted by molar-refractivity contribution is 0.376. The first kappa shape index (κ1) is 26.9. The van der Waals surface area contributed by atoms with Crippen LogP contribution in [-0.2, 0) is 0 Å². The van der Waals surface area contributed by atoms with Crippen molar-refractivity contribution in [2.24, 2.45) is 10.9 Å². The molecule has 1 aliphatic heterocycles. The molecule has 0 radical (unpaired) electrons. The quantitative estimate of drug-likeness (QED) is 0.206. The molecule has 2 aromatic heterocycles. The maximum Gasteiger partial charge on any atom is 0.212 e. The van der Waals surface area contributed by atoms with Gasteiger partial charge in [0.2, 0.25) is 5.96 Å². The smallest absolute Gasteiger partial charge is 0.212 e. The Labute approximate surface area is 215 Å². The van der Waals surface area contributed by atoms with Gasteiger partial charge in [0.25, 0.3) is 0 Å². The predicted molar refractivity (Wildman–Crippen MR) is 149 cm³/mol. The number of fused-ring (bicyclic) bond motifs is 1. The molecule has 2 fully saturated rings. The summed E-state index contributed by atoms with van der Waals surface area (Å²) in [7, 11) is 0. The number of hydrogen-bond acceptors (Lipinski definition) is 5. The van der Waals surface area contributed by atoms with E-state index in [1.165, 1.54) is 25.7 Å². The normalized spacial score (nSPS) is 15.2. The van der Waals surface area contributed by atoms with E-state index in [-0.39, 0.29) is 0 Å². The second-order valence-corrected chi connectivity index (χ2v) is 9.78. The fourth-order valence-corrected chi connectivity index (χ4v) is 3.63. The Morgan fingerprint density at radius 2 is 1.61 bits per heavy atom. The number of benzene rings is 1. The highest BCUT2D eigenvalue weighted by molar-refractivity contribution is 5.94. The monoisotopic (exact) mass is 485 g/mol. The number of nitrogens with one attached hydrogen (secondary N) is 1. The lowest BCUT2D eigenvalue weighted by atomic mass is 10.0. The van der Waals surface area contributed by atoms with E-state index in [4.69, 9.17) is 4.99 Å². The molecule has 1 saturated heterocycles. The Morgan fingerprint density at radius 3 is 2.22 bits per heavy atom. The minimum absolute atomic E-state index is 0.565. The summed E-state index contributed by atoms with van der Waals surface area (Å²) in [5, 5.41) is 12.9. The lowest BCUT2D eigenvalue weighted by Crippen LogP contribution is -2.52. The van der Waals surface area contributed by atoms with E-state index >= 15 is 0 Å². The van der Waals surface area contributed by atoms with Gasteiger partial charge in [0.05, 0.1) is 11.2 Å². The van der Waals surface area contributed by atoms with Crippen LogP contribution in [0.25, 0.3) is 10.9 Å². The highest BCUT2D eigenvalue weighted by Crippen LogP contribution is 2.25. The van der Waals surface area contributed by atoms with Gasteiger partial charge in [-0.3, -0.25) is 10.3 Å². The van der Waals surface area contributed by atoms with Crippen molar-refractivity contribution >= 4 is 28.4 Å². The van der Waals surface area contributed by atoms with E-state index < -0.39 is 0 Å². The average molecular weight is 486 g/mol. The molecule has 0 unspecified atom stereocenters. The lowest BCUT2D eigenvalue weighted by Gasteiger charge is -2.36. The predicted octanol–water partition coefficient (Wildman–Crippen LogP) is 6.04. The highest BCUT2D eigenvalue weighted by atomic mass is 15.4. The summed E-state index contributed by atoms with van der Waals surface area (Å²) < 4.78 is 0. The summed E-state index contributed by atoms with van der Waals surface area (Å²) in [6.45, 7) is 11.7. The van der Waals surface area contributed by atoms with Crippen LogP contribution in [0.3, 0.4) is 0 Å². The molecule has 3 heterocycles. The number of piperazine rings is 1. The van der Waals surface area contributed by atoms with E-state index in [0.29, 0.717) is 5.96 Å². The van der Waals surface area contributed by atoms with E-state index in [0.717, 1.165) is 60.2 Å². The fourth-order valence-electron chi connectivity index (χ4n) is 3.63. The van der Waals surface area contributed by atoms with Gasteiger partial charge in [0, 0.05) is 43.5 Å². The van der Waals surface area contributed by atoms with Crippen LogP contribution >= 0.6 is 0 Å². The zero-order valence-electron chi connectivity index (χ0n) is 22.1. The topological polar surface area (TPSA) is 80.4 Å². The van der Waals surface area contributed by atoms with Crippen LogP contribution in [0.4, 0.5) is 11.5 Å². The Hall–Kier alpha value is -3.66. The van der Waals surface area contributed by atoms with Crippen LogP contribution in [0.5, 0.6) is 0 Å². The number of guanidine groups is 1. The molecule has 5 rings (SSSR count). The van der Waals surface area contributed by atoms with Crippen LogP contribution < -0.4 is 10.2 Å². The van der Waals surface area contributed by atoms with Gasteiger partial charge in [0.1, 0.15) is 5.82 Å². The molecule has 190 valence electrons. The molecule has 2 aliphatic rings. The zero-order chi connectivity index (χ0) is 25.8. The first-order chi connectivity index (χ1) is 17.5. The van der Waals surface area contributed by atoms with Crippen LogP contribution in [-0.4, -0.2) is 47.0 Å². The van der Waals surface area contributed by atoms with Gasteiger partial charge in [0.15, 0.2) is 6.19 Å². The van der Waals surface area contributed by atoms with Gasteiger partial charge in [-0.05, 0) is 49.2 Å². The second kappa shape index (κ2) is 14.0. The molecule has 7 nitrogen and oxygen atoms in total. The highest BCUT2D eigenvalue weighted by Gasteiger charge is 2.21. The molecular weight excluding hydrogens is 446 g/mol. The molecule has 7 heteroatoms. The van der Waals surface area contributed by atoms with Crippen LogP contribution in [0.15, 0.2) is 59.7 Å². The van der Waals surface area contributed by atoms with Crippen molar-refractivity contribution in [1.29, 1.82) is 5.26 Å². The van der Waals surface area contributed by atoms with Crippen LogP contribution in [0, 0.1) is 24.3 Å². The van der Waals surface area contributed by atoms with Crippen molar-refractivity contribution in [3.63, 3.8) is 0 Å². The summed E-state index contributed by atoms with van der Waals surface area (Å²) in [5.74, 6) is 2.39. The van der Waals surface area contributed by atoms with Gasteiger partial charge in [-0.2, -0.15) is 5.26 Å². The van der Waals surface area contributed by atoms with Crippen molar-refractivity contribution in [3.05, 3.63) is 60.4 Å². The first-order valence-corrected chi connectivity index (χ1v) is 13.0. The minimum atomic E-state index is 0.565. The molecule has 1 aromatic carbocycles. The molecule has 0 bridgehead atoms. The maximum absolute atomic E-state index is 9.22. The Kier molecular flexibility index (Phi) is 10.5. The van der Waals surface area contributed by atoms with Gasteiger partial charge < -0.3 is 9.80 Å². The summed E-state index contributed by atoms with van der Waals surface area (Å²) in [6, 6.07) is 15.8. The third-order valence-electron chi connectivity index (χ3n) is 5.79. The molecule has 0 amide bonds. The van der Waals surface area contributed by atoms with Gasteiger partial charge >= 0.3 is 0 Å². The number of pyridine rings is 2. The summed E-state index contributed by atoms with van der Waals surface area (Å²) in [6.07, 6.45) is 9.79. The molecular formula is C29H39N7. The van der Waals surface area contributed by atoms with E-state index in [2.05, 4.69) is 45.9 Å². The Morgan fingerprint density at radius 1 is 0.944 bits per heavy atom. The SMILES string of the molecule is C1CCC1.CC(C)C.Cc1cccc(N2CCN(C(=Nc3cccc4ncccc34)NC#N)CC2)n1. The van der Waals surface area contributed by atoms with E-state index in [1.807, 2.05) is 61.6 Å². The molecule has 1 N–H and O–H groups in total. The number of aryl methyl sites for hydroxylation is 1. The molecule has 0 atom stereocenters. The molecule has 0 spiro atoms. The second-order valence-electron chi connectivity index (χ2n) is 9.78. The van der Waals surface area contributed by atoms with E-state index in [1.54, 1.807) is 6.20 Å². The van der Waals surface area contributed by atoms with Crippen molar-refractivity contribution in [1.82, 2.24) is 20.2 Å². The molecule has 1 saturated carbocycles. The maximum atomic E-state index is 9.22. The third-order valence-corrected chi connectivity index (χ3v) is 5.79. The average Bonchev–Trinajstić information content (AvgIpc) is 2.83. The number of aromatic nitrogens is 2. The minimum Gasteiger partial charge on any atom is -0.353 e. The third kappa shape index (κ3) is 8.23. The summed E-state index contributed by atoms with van der Waals surface area (Å²) in [5.41, 5.74) is 2.69. The fraction of sp³-hybridized carbons (Fsp3) is 0.448. The number of nitriles is 1. The number of aliphatic imine (C=N–C) groups is 1. The van der Waals surface area contributed by atoms with Crippen LogP contribution in [0.2, 0.25) is 0 Å². The largest absolute Gasteiger partial charge is 0.353 e. The Balaban J connectivity index is 0.000000389. The summed E-state index contributed by atoms with van der Waals surface area (Å²) >= 11 is 0. The first-order valence-electron chi connectivity index (χ1n) is 13.0. The van der Waals surface area contributed by atoms with Gasteiger partial charge in [-0.1, -0.05) is 58.6 Å². The van der Waals surface area contributed by atoms with Crippen molar-refractivity contribution in [2.45, 2.75) is 53.4 Å². The number of hydrogen-bond donors (Lipinski definition) is 1. The van der Waals surface area contributed by atoms with E-state index in [9.17, 15) is 5.26 Å². The van der Waals surface area contributed by atoms with Crippen molar-refractivity contribution < 1.29 is 0 Å². The number of rotatable bonds is 2. The van der Waals surface area contributed by atoms with Crippen molar-refractivity contribution in [3.8, 4) is 6.19 Å². The number of anilines is 1. The molecule has 36 heavy (non-hydrogen) atoms. The molecule has 1 aliphatic carbocycles. The Bertz CT molecular complexity index is 1140. The zero-order valence-corrected chi connectivity index (χ0v) is 22.1. The van der Waals surface area contributed by atoms with Crippen LogP contribution in [0.1, 0.15) is 52.1 Å². The van der Waals surface area contributed by atoms with Gasteiger partial charge in [-0.25, -0.2) is 9.98 Å². The summed E-state index contributed by atoms with van der Waals surface area (Å²) in [4.78, 5) is 18.1. The number of nitrogens with zero attached hydrogens (tertiary/aromatic N) is 6.